The summed E-state index contributed by atoms with van der Waals surface area (Å²) in [6.07, 6.45) is 2.45. The van der Waals surface area contributed by atoms with Crippen molar-refractivity contribution in [2.24, 2.45) is 5.73 Å². The van der Waals surface area contributed by atoms with Crippen molar-refractivity contribution in [2.45, 2.75) is 74.1 Å². The maximum absolute atomic E-state index is 14.6. The van der Waals surface area contributed by atoms with Crippen molar-refractivity contribution in [3.63, 3.8) is 0 Å². The molecule has 2 amide bonds. The number of amides is 2. The minimum Gasteiger partial charge on any atom is -0.468 e. The van der Waals surface area contributed by atoms with Crippen LogP contribution in [0.4, 0.5) is 5.69 Å². The molecule has 5 rings (SSSR count). The molecule has 12 heteroatoms. The van der Waals surface area contributed by atoms with E-state index in [9.17, 15) is 22.8 Å². The van der Waals surface area contributed by atoms with Crippen LogP contribution in [0.5, 0.6) is 0 Å². The maximum Gasteiger partial charge on any atom is 0.326 e. The van der Waals surface area contributed by atoms with Gasteiger partial charge in [0.15, 0.2) is 14.6 Å². The van der Waals surface area contributed by atoms with E-state index in [4.69, 9.17) is 10.5 Å². The lowest BCUT2D eigenvalue weighted by Crippen LogP contribution is -2.64. The van der Waals surface area contributed by atoms with Gasteiger partial charge in [0, 0.05) is 47.7 Å². The molecule has 3 heterocycles. The second-order valence-electron chi connectivity index (χ2n) is 13.0. The molecule has 2 aliphatic rings. The second-order valence-corrected chi connectivity index (χ2v) is 15.6. The molecule has 3 atom stereocenters. The highest BCUT2D eigenvalue weighted by atomic mass is 32.2. The summed E-state index contributed by atoms with van der Waals surface area (Å²) in [5.74, 6) is -2.02. The molecule has 0 radical (unpaired) electrons. The summed E-state index contributed by atoms with van der Waals surface area (Å²) in [6.45, 7) is 6.29. The predicted octanol–water partition coefficient (Wildman–Crippen LogP) is 2.61. The Hall–Kier alpha value is -3.90. The third kappa shape index (κ3) is 5.34. The Morgan fingerprint density at radius 2 is 1.80 bits per heavy atom. The Morgan fingerprint density at radius 1 is 1.11 bits per heavy atom. The number of aromatic amines is 1. The van der Waals surface area contributed by atoms with Gasteiger partial charge in [-0.05, 0) is 63.8 Å². The van der Waals surface area contributed by atoms with E-state index in [2.05, 4.69) is 15.6 Å². The zero-order valence-corrected chi connectivity index (χ0v) is 26.6. The number of anilines is 1. The minimum atomic E-state index is -4.36. The lowest BCUT2D eigenvalue weighted by molar-refractivity contribution is -0.143. The number of methoxy groups -OCH3 is 1. The normalized spacial score (nSPS) is 21.0. The summed E-state index contributed by atoms with van der Waals surface area (Å²) in [5, 5.41) is 5.73. The number of hydrogen-bond acceptors (Lipinski definition) is 8. The van der Waals surface area contributed by atoms with Crippen molar-refractivity contribution in [3.05, 3.63) is 65.9 Å². The molecule has 0 aliphatic carbocycles. The third-order valence-corrected chi connectivity index (χ3v) is 11.9. The van der Waals surface area contributed by atoms with E-state index in [1.165, 1.54) is 32.6 Å². The average molecular weight is 624 g/mol. The van der Waals surface area contributed by atoms with E-state index < -0.39 is 54.7 Å². The van der Waals surface area contributed by atoms with Gasteiger partial charge in [-0.25, -0.2) is 8.42 Å². The van der Waals surface area contributed by atoms with Gasteiger partial charge in [-0.1, -0.05) is 36.4 Å². The van der Waals surface area contributed by atoms with E-state index in [0.29, 0.717) is 13.0 Å². The lowest BCUT2D eigenvalue weighted by atomic mass is 9.74. The largest absolute Gasteiger partial charge is 0.468 e. The average Bonchev–Trinajstić information content (AvgIpc) is 3.56. The zero-order chi connectivity index (χ0) is 32.1. The minimum absolute atomic E-state index is 0.0711. The summed E-state index contributed by atoms with van der Waals surface area (Å²) >= 11 is 0. The predicted molar refractivity (Wildman–Crippen MR) is 169 cm³/mol. The van der Waals surface area contributed by atoms with Crippen LogP contribution in [-0.2, 0) is 40.8 Å². The van der Waals surface area contributed by atoms with Gasteiger partial charge in [0.1, 0.15) is 11.4 Å². The van der Waals surface area contributed by atoms with Gasteiger partial charge in [-0.3, -0.25) is 14.4 Å². The number of piperidine rings is 1. The Balaban J connectivity index is 1.57. The van der Waals surface area contributed by atoms with Gasteiger partial charge in [-0.2, -0.15) is 0 Å². The number of carbonyl (C=O) groups is 3. The molecular weight excluding hydrogens is 582 g/mol. The fourth-order valence-corrected chi connectivity index (χ4v) is 8.46. The standard InChI is InChI=1S/C32H41N5O6S/c1-30(2,33)28(39)36-25(16-20-18-34-23-12-8-6-10-21(20)23)27(38)37-15-14-32(19-35-24-13-9-7-11-22(24)32)17-26(37)44(41,42)31(3,4)29(40)43-5/h6-13,18,25-26,34-35H,14-17,19,33H2,1-5H3,(H,36,39)/t25-,26?,32?/m1/s1. The number of nitrogens with one attached hydrogen (secondary N) is 3. The molecule has 236 valence electrons. The first-order valence-electron chi connectivity index (χ1n) is 14.7. The number of fused-ring (bicyclic) bond motifs is 3. The number of H-pyrrole nitrogens is 1. The Bertz CT molecular complexity index is 1710. The van der Waals surface area contributed by atoms with Gasteiger partial charge in [0.05, 0.1) is 12.6 Å². The number of carbonyl (C=O) groups excluding carboxylic acids is 3. The van der Waals surface area contributed by atoms with Crippen LogP contribution in [0.25, 0.3) is 10.9 Å². The lowest BCUT2D eigenvalue weighted by Gasteiger charge is -2.47. The number of likely N-dealkylation sites (tertiary alicyclic amines) is 1. The fourth-order valence-electron chi connectivity index (χ4n) is 6.39. The summed E-state index contributed by atoms with van der Waals surface area (Å²) in [6, 6.07) is 14.2. The van der Waals surface area contributed by atoms with E-state index in [1.54, 1.807) is 6.20 Å². The molecule has 1 spiro atoms. The van der Waals surface area contributed by atoms with Gasteiger partial charge < -0.3 is 31.0 Å². The van der Waals surface area contributed by atoms with Crippen LogP contribution in [0.2, 0.25) is 0 Å². The molecule has 2 aromatic carbocycles. The van der Waals surface area contributed by atoms with Crippen LogP contribution in [0.3, 0.4) is 0 Å². The highest BCUT2D eigenvalue weighted by Crippen LogP contribution is 2.48. The van der Waals surface area contributed by atoms with Gasteiger partial charge in [0.2, 0.25) is 11.8 Å². The van der Waals surface area contributed by atoms with Crippen molar-refractivity contribution < 1.29 is 27.5 Å². The van der Waals surface area contributed by atoms with E-state index in [1.807, 2.05) is 48.5 Å². The smallest absolute Gasteiger partial charge is 0.326 e. The maximum atomic E-state index is 14.6. The zero-order valence-electron chi connectivity index (χ0n) is 25.8. The molecule has 1 saturated heterocycles. The van der Waals surface area contributed by atoms with Crippen LogP contribution in [0, 0.1) is 0 Å². The van der Waals surface area contributed by atoms with Crippen molar-refractivity contribution >= 4 is 44.2 Å². The Labute approximate surface area is 257 Å². The number of hydrogen-bond donors (Lipinski definition) is 4. The summed E-state index contributed by atoms with van der Waals surface area (Å²) in [4.78, 5) is 45.1. The van der Waals surface area contributed by atoms with Gasteiger partial charge >= 0.3 is 5.97 Å². The molecule has 2 aliphatic heterocycles. The molecule has 1 aromatic heterocycles. The molecular formula is C32H41N5O6S. The highest BCUT2D eigenvalue weighted by molar-refractivity contribution is 7.94. The molecule has 5 N–H and O–H groups in total. The molecule has 2 unspecified atom stereocenters. The van der Waals surface area contributed by atoms with Gasteiger partial charge in [0.25, 0.3) is 0 Å². The number of benzene rings is 2. The number of rotatable bonds is 8. The van der Waals surface area contributed by atoms with Crippen LogP contribution >= 0.6 is 0 Å². The summed E-state index contributed by atoms with van der Waals surface area (Å²) < 4.78 is 31.8. The topological polar surface area (TPSA) is 164 Å². The number of ether oxygens (including phenoxy) is 1. The first kappa shape index (κ1) is 31.5. The quantitative estimate of drug-likeness (QED) is 0.278. The fraction of sp³-hybridized carbons (Fsp3) is 0.469. The first-order valence-corrected chi connectivity index (χ1v) is 16.3. The molecule has 0 bridgehead atoms. The Kier molecular flexibility index (Phi) is 8.04. The summed E-state index contributed by atoms with van der Waals surface area (Å²) in [5.41, 5.74) is 7.79. The number of nitrogens with two attached hydrogens (primary N) is 1. The third-order valence-electron chi connectivity index (χ3n) is 9.18. The Morgan fingerprint density at radius 3 is 2.50 bits per heavy atom. The molecule has 11 nitrogen and oxygen atoms in total. The van der Waals surface area contributed by atoms with Crippen LogP contribution < -0.4 is 16.4 Å². The number of esters is 1. The second kappa shape index (κ2) is 11.2. The molecule has 0 saturated carbocycles. The monoisotopic (exact) mass is 623 g/mol. The molecule has 3 aromatic rings. The van der Waals surface area contributed by atoms with Crippen molar-refractivity contribution in [1.29, 1.82) is 0 Å². The highest BCUT2D eigenvalue weighted by Gasteiger charge is 2.56. The van der Waals surface area contributed by atoms with Crippen molar-refractivity contribution in [1.82, 2.24) is 15.2 Å². The van der Waals surface area contributed by atoms with E-state index in [-0.39, 0.29) is 19.4 Å². The number of nitrogens with zero attached hydrogens (tertiary/aromatic N) is 1. The van der Waals surface area contributed by atoms with Crippen LogP contribution in [-0.4, -0.2) is 78.0 Å². The van der Waals surface area contributed by atoms with E-state index in [0.717, 1.165) is 34.8 Å². The molecule has 1 fully saturated rings. The number of para-hydroxylation sites is 2. The number of sulfone groups is 1. The van der Waals surface area contributed by atoms with Gasteiger partial charge in [-0.15, -0.1) is 0 Å². The summed E-state index contributed by atoms with van der Waals surface area (Å²) in [7, 11) is -3.22. The molecule has 44 heavy (non-hydrogen) atoms. The van der Waals surface area contributed by atoms with Crippen molar-refractivity contribution in [3.8, 4) is 0 Å². The first-order chi connectivity index (χ1) is 20.6. The number of aromatic nitrogens is 1. The van der Waals surface area contributed by atoms with Crippen molar-refractivity contribution in [2.75, 3.05) is 25.5 Å². The van der Waals surface area contributed by atoms with Crippen LogP contribution in [0.15, 0.2) is 54.7 Å². The SMILES string of the molecule is COC(=O)C(C)(C)S(=O)(=O)C1CC2(CCN1C(=O)[C@@H](Cc1c[nH]c3ccccc13)NC(=O)C(C)(C)N)CNc1ccccc12. The van der Waals surface area contributed by atoms with E-state index >= 15 is 0 Å². The van der Waals surface area contributed by atoms with Crippen LogP contribution in [0.1, 0.15) is 51.7 Å².